The van der Waals surface area contributed by atoms with Crippen LogP contribution in [0.25, 0.3) is 0 Å². The molecule has 126 valence electrons. The molecule has 24 heavy (non-hydrogen) atoms. The van der Waals surface area contributed by atoms with Crippen LogP contribution in [0.1, 0.15) is 30.5 Å². The van der Waals surface area contributed by atoms with Gasteiger partial charge in [0, 0.05) is 18.3 Å². The van der Waals surface area contributed by atoms with Crippen LogP contribution in [0.3, 0.4) is 0 Å². The second kappa shape index (κ2) is 7.77. The first-order valence-electron chi connectivity index (χ1n) is 8.15. The Kier molecular flexibility index (Phi) is 5.74. The normalized spacial score (nSPS) is 10.3. The first-order valence-corrected chi connectivity index (χ1v) is 8.15. The molecule has 0 aliphatic heterocycles. The first kappa shape index (κ1) is 17.7. The van der Waals surface area contributed by atoms with E-state index in [-0.39, 0.29) is 18.4 Å². The summed E-state index contributed by atoms with van der Waals surface area (Å²) in [5.41, 5.74) is 4.77. The molecule has 0 saturated carbocycles. The lowest BCUT2D eigenvalue weighted by atomic mass is 10.1. The SMILES string of the molecule is CCc1ccccc1N(CC(=O)Nc1ccc(C)cc1C)C(C)=O. The van der Waals surface area contributed by atoms with E-state index in [4.69, 9.17) is 0 Å². The van der Waals surface area contributed by atoms with Crippen molar-refractivity contribution in [3.05, 3.63) is 59.2 Å². The fourth-order valence-corrected chi connectivity index (χ4v) is 2.73. The van der Waals surface area contributed by atoms with Crippen molar-refractivity contribution in [2.75, 3.05) is 16.8 Å². The number of amides is 2. The Morgan fingerprint density at radius 3 is 2.42 bits per heavy atom. The molecule has 2 amide bonds. The van der Waals surface area contributed by atoms with Crippen LogP contribution in [0.2, 0.25) is 0 Å². The topological polar surface area (TPSA) is 49.4 Å². The van der Waals surface area contributed by atoms with Gasteiger partial charge in [-0.1, -0.05) is 42.8 Å². The van der Waals surface area contributed by atoms with E-state index in [1.54, 1.807) is 0 Å². The zero-order valence-electron chi connectivity index (χ0n) is 14.7. The number of carbonyl (C=O) groups excluding carboxylic acids is 2. The van der Waals surface area contributed by atoms with Crippen LogP contribution >= 0.6 is 0 Å². The highest BCUT2D eigenvalue weighted by Crippen LogP contribution is 2.22. The smallest absolute Gasteiger partial charge is 0.244 e. The molecule has 1 N–H and O–H groups in total. The molecule has 0 fully saturated rings. The molecule has 2 rings (SSSR count). The highest BCUT2D eigenvalue weighted by atomic mass is 16.2. The molecule has 0 heterocycles. The zero-order valence-corrected chi connectivity index (χ0v) is 14.7. The average Bonchev–Trinajstić information content (AvgIpc) is 2.55. The van der Waals surface area contributed by atoms with E-state index < -0.39 is 0 Å². The van der Waals surface area contributed by atoms with Crippen LogP contribution in [0.15, 0.2) is 42.5 Å². The Labute approximate surface area is 143 Å². The van der Waals surface area contributed by atoms with Gasteiger partial charge in [-0.2, -0.15) is 0 Å². The fourth-order valence-electron chi connectivity index (χ4n) is 2.73. The summed E-state index contributed by atoms with van der Waals surface area (Å²) in [5.74, 6) is -0.352. The van der Waals surface area contributed by atoms with Crippen LogP contribution in [0, 0.1) is 13.8 Å². The van der Waals surface area contributed by atoms with E-state index in [1.807, 2.05) is 63.2 Å². The number of anilines is 2. The van der Waals surface area contributed by atoms with Gasteiger partial charge in [0.25, 0.3) is 0 Å². The van der Waals surface area contributed by atoms with Gasteiger partial charge in [0.15, 0.2) is 0 Å². The molecule has 0 saturated heterocycles. The molecule has 0 aromatic heterocycles. The van der Waals surface area contributed by atoms with Crippen molar-refractivity contribution in [2.45, 2.75) is 34.1 Å². The van der Waals surface area contributed by atoms with Crippen LogP contribution < -0.4 is 10.2 Å². The maximum atomic E-state index is 12.4. The summed E-state index contributed by atoms with van der Waals surface area (Å²) in [6, 6.07) is 13.5. The summed E-state index contributed by atoms with van der Waals surface area (Å²) in [6.07, 6.45) is 0.804. The lowest BCUT2D eigenvalue weighted by Crippen LogP contribution is -2.37. The van der Waals surface area contributed by atoms with Gasteiger partial charge in [0.1, 0.15) is 6.54 Å². The molecule has 0 aliphatic rings. The number of para-hydroxylation sites is 1. The summed E-state index contributed by atoms with van der Waals surface area (Å²) >= 11 is 0. The van der Waals surface area contributed by atoms with Crippen LogP contribution in [-0.2, 0) is 16.0 Å². The fraction of sp³-hybridized carbons (Fsp3) is 0.300. The predicted octanol–water partition coefficient (Wildman–Crippen LogP) is 3.86. The highest BCUT2D eigenvalue weighted by Gasteiger charge is 2.18. The third-order valence-corrected chi connectivity index (χ3v) is 4.00. The zero-order chi connectivity index (χ0) is 17.7. The lowest BCUT2D eigenvalue weighted by Gasteiger charge is -2.23. The number of aryl methyl sites for hydroxylation is 3. The summed E-state index contributed by atoms with van der Waals surface area (Å²) in [6.45, 7) is 7.49. The van der Waals surface area contributed by atoms with Crippen molar-refractivity contribution in [3.63, 3.8) is 0 Å². The molecule has 4 nitrogen and oxygen atoms in total. The molecule has 0 spiro atoms. The molecule has 0 unspecified atom stereocenters. The first-order chi connectivity index (χ1) is 11.4. The van der Waals surface area contributed by atoms with E-state index in [2.05, 4.69) is 5.32 Å². The number of carbonyl (C=O) groups is 2. The van der Waals surface area contributed by atoms with Gasteiger partial charge in [0.2, 0.25) is 11.8 Å². The number of benzene rings is 2. The standard InChI is InChI=1S/C20H24N2O2/c1-5-17-8-6-7-9-19(17)22(16(4)23)13-20(24)21-18-11-10-14(2)12-15(18)3/h6-12H,5,13H2,1-4H3,(H,21,24). The van der Waals surface area contributed by atoms with Gasteiger partial charge < -0.3 is 10.2 Å². The van der Waals surface area contributed by atoms with E-state index in [9.17, 15) is 9.59 Å². The molecule has 0 bridgehead atoms. The lowest BCUT2D eigenvalue weighted by molar-refractivity contribution is -0.120. The Morgan fingerprint density at radius 2 is 1.79 bits per heavy atom. The van der Waals surface area contributed by atoms with Crippen molar-refractivity contribution in [3.8, 4) is 0 Å². The Bertz CT molecular complexity index is 753. The van der Waals surface area contributed by atoms with E-state index in [0.717, 1.165) is 34.5 Å². The molecule has 0 radical (unpaired) electrons. The van der Waals surface area contributed by atoms with E-state index in [0.29, 0.717) is 0 Å². The van der Waals surface area contributed by atoms with Gasteiger partial charge in [-0.25, -0.2) is 0 Å². The quantitative estimate of drug-likeness (QED) is 0.908. The van der Waals surface area contributed by atoms with Crippen molar-refractivity contribution in [2.24, 2.45) is 0 Å². The minimum atomic E-state index is -0.206. The maximum Gasteiger partial charge on any atom is 0.244 e. The Balaban J connectivity index is 2.18. The highest BCUT2D eigenvalue weighted by molar-refractivity contribution is 6.02. The van der Waals surface area contributed by atoms with Gasteiger partial charge in [0.05, 0.1) is 0 Å². The average molecular weight is 324 g/mol. The van der Waals surface area contributed by atoms with Crippen molar-refractivity contribution in [1.29, 1.82) is 0 Å². The van der Waals surface area contributed by atoms with Gasteiger partial charge >= 0.3 is 0 Å². The van der Waals surface area contributed by atoms with Gasteiger partial charge in [-0.3, -0.25) is 9.59 Å². The number of hydrogen-bond donors (Lipinski definition) is 1. The minimum absolute atomic E-state index is 0.000334. The van der Waals surface area contributed by atoms with Crippen molar-refractivity contribution in [1.82, 2.24) is 0 Å². The van der Waals surface area contributed by atoms with Gasteiger partial charge in [-0.05, 0) is 43.5 Å². The molecule has 0 atom stereocenters. The van der Waals surface area contributed by atoms with Gasteiger partial charge in [-0.15, -0.1) is 0 Å². The predicted molar refractivity (Wildman–Crippen MR) is 98.4 cm³/mol. The monoisotopic (exact) mass is 324 g/mol. The summed E-state index contributed by atoms with van der Waals surface area (Å²) in [5, 5.41) is 2.90. The third-order valence-electron chi connectivity index (χ3n) is 4.00. The molecule has 0 aliphatic carbocycles. The summed E-state index contributed by atoms with van der Waals surface area (Å²) < 4.78 is 0. The number of nitrogens with zero attached hydrogens (tertiary/aromatic N) is 1. The molecule has 2 aromatic carbocycles. The third kappa shape index (κ3) is 4.22. The molecular weight excluding hydrogens is 300 g/mol. The summed E-state index contributed by atoms with van der Waals surface area (Å²) in [4.78, 5) is 26.0. The molecular formula is C20H24N2O2. The largest absolute Gasteiger partial charge is 0.324 e. The Hall–Kier alpha value is -2.62. The van der Waals surface area contributed by atoms with Crippen molar-refractivity contribution >= 4 is 23.2 Å². The van der Waals surface area contributed by atoms with E-state index >= 15 is 0 Å². The second-order valence-electron chi connectivity index (χ2n) is 5.95. The molecule has 4 heteroatoms. The van der Waals surface area contributed by atoms with E-state index in [1.165, 1.54) is 11.8 Å². The van der Waals surface area contributed by atoms with Crippen molar-refractivity contribution < 1.29 is 9.59 Å². The van der Waals surface area contributed by atoms with Crippen LogP contribution in [0.5, 0.6) is 0 Å². The number of nitrogens with one attached hydrogen (secondary N) is 1. The van der Waals surface area contributed by atoms with Crippen LogP contribution in [-0.4, -0.2) is 18.4 Å². The van der Waals surface area contributed by atoms with Crippen LogP contribution in [0.4, 0.5) is 11.4 Å². The number of rotatable bonds is 5. The Morgan fingerprint density at radius 1 is 1.08 bits per heavy atom. The maximum absolute atomic E-state index is 12.4. The second-order valence-corrected chi connectivity index (χ2v) is 5.95. The summed E-state index contributed by atoms with van der Waals surface area (Å²) in [7, 11) is 0. The number of hydrogen-bond acceptors (Lipinski definition) is 2. The molecule has 2 aromatic rings. The minimum Gasteiger partial charge on any atom is -0.324 e.